The van der Waals surface area contributed by atoms with Crippen molar-refractivity contribution in [1.82, 2.24) is 10.2 Å². The lowest BCUT2D eigenvalue weighted by Gasteiger charge is -2.30. The number of ether oxygens (including phenoxy) is 1. The van der Waals surface area contributed by atoms with Gasteiger partial charge in [-0.25, -0.2) is 0 Å². The van der Waals surface area contributed by atoms with Crippen LogP contribution in [0.1, 0.15) is 32.3 Å². The van der Waals surface area contributed by atoms with Gasteiger partial charge in [0.05, 0.1) is 7.11 Å². The van der Waals surface area contributed by atoms with E-state index in [4.69, 9.17) is 4.74 Å². The number of benzene rings is 1. The van der Waals surface area contributed by atoms with Crippen LogP contribution in [0.2, 0.25) is 0 Å². The largest absolute Gasteiger partial charge is 0.497 e. The monoisotopic (exact) mass is 330 g/mol. The molecule has 1 heterocycles. The summed E-state index contributed by atoms with van der Waals surface area (Å²) >= 11 is 0. The van der Waals surface area contributed by atoms with E-state index in [9.17, 15) is 9.59 Å². The van der Waals surface area contributed by atoms with Crippen molar-refractivity contribution in [3.05, 3.63) is 42.5 Å². The van der Waals surface area contributed by atoms with Crippen LogP contribution in [-0.4, -0.2) is 41.9 Å². The Labute approximate surface area is 143 Å². The van der Waals surface area contributed by atoms with Crippen molar-refractivity contribution >= 4 is 11.8 Å². The number of likely N-dealkylation sites (tertiary alicyclic amines) is 1. The van der Waals surface area contributed by atoms with Gasteiger partial charge in [0.2, 0.25) is 11.8 Å². The SMILES string of the molecule is C=CC(=O)N1CCCC1C(=O)NC(C)(C)Cc1ccc(OC)cc1. The molecule has 1 aliphatic heterocycles. The summed E-state index contributed by atoms with van der Waals surface area (Å²) in [5, 5.41) is 3.09. The fourth-order valence-corrected chi connectivity index (χ4v) is 3.14. The van der Waals surface area contributed by atoms with Crippen LogP contribution in [0, 0.1) is 0 Å². The van der Waals surface area contributed by atoms with E-state index in [0.717, 1.165) is 17.7 Å². The third kappa shape index (κ3) is 4.37. The summed E-state index contributed by atoms with van der Waals surface area (Å²) in [6, 6.07) is 7.42. The molecule has 1 atom stereocenters. The summed E-state index contributed by atoms with van der Waals surface area (Å²) < 4.78 is 5.16. The zero-order valence-electron chi connectivity index (χ0n) is 14.7. The Balaban J connectivity index is 2.00. The van der Waals surface area contributed by atoms with Crippen LogP contribution in [0.4, 0.5) is 0 Å². The number of carbonyl (C=O) groups is 2. The summed E-state index contributed by atoms with van der Waals surface area (Å²) in [5.74, 6) is 0.534. The van der Waals surface area contributed by atoms with Crippen LogP contribution in [0.5, 0.6) is 5.75 Å². The quantitative estimate of drug-likeness (QED) is 0.814. The normalized spacial score (nSPS) is 17.5. The first-order chi connectivity index (χ1) is 11.4. The van der Waals surface area contributed by atoms with Crippen molar-refractivity contribution in [2.24, 2.45) is 0 Å². The minimum absolute atomic E-state index is 0.0961. The fourth-order valence-electron chi connectivity index (χ4n) is 3.14. The molecule has 0 radical (unpaired) electrons. The Hall–Kier alpha value is -2.30. The molecule has 0 aromatic heterocycles. The molecule has 1 aliphatic rings. The van der Waals surface area contributed by atoms with Crippen LogP contribution in [0.3, 0.4) is 0 Å². The number of carbonyl (C=O) groups excluding carboxylic acids is 2. The highest BCUT2D eigenvalue weighted by molar-refractivity contribution is 5.93. The zero-order chi connectivity index (χ0) is 17.7. The van der Waals surface area contributed by atoms with Crippen LogP contribution < -0.4 is 10.1 Å². The highest BCUT2D eigenvalue weighted by Gasteiger charge is 2.35. The standard InChI is InChI=1S/C19H26N2O3/c1-5-17(22)21-12-6-7-16(21)18(23)20-19(2,3)13-14-8-10-15(24-4)11-9-14/h5,8-11,16H,1,6-7,12-13H2,2-4H3,(H,20,23). The number of nitrogens with zero attached hydrogens (tertiary/aromatic N) is 1. The van der Waals surface area contributed by atoms with Gasteiger partial charge in [-0.15, -0.1) is 0 Å². The lowest BCUT2D eigenvalue weighted by atomic mass is 9.94. The highest BCUT2D eigenvalue weighted by Crippen LogP contribution is 2.21. The van der Waals surface area contributed by atoms with Gasteiger partial charge in [-0.3, -0.25) is 9.59 Å². The van der Waals surface area contributed by atoms with Crippen molar-refractivity contribution in [3.63, 3.8) is 0 Å². The Morgan fingerprint density at radius 3 is 2.62 bits per heavy atom. The maximum absolute atomic E-state index is 12.6. The van der Waals surface area contributed by atoms with Gasteiger partial charge < -0.3 is 15.0 Å². The molecule has 1 saturated heterocycles. The zero-order valence-corrected chi connectivity index (χ0v) is 14.7. The first-order valence-corrected chi connectivity index (χ1v) is 8.24. The fraction of sp³-hybridized carbons (Fsp3) is 0.474. The van der Waals surface area contributed by atoms with Crippen molar-refractivity contribution in [3.8, 4) is 5.75 Å². The minimum Gasteiger partial charge on any atom is -0.497 e. The van der Waals surface area contributed by atoms with E-state index in [0.29, 0.717) is 19.4 Å². The number of rotatable bonds is 6. The molecule has 0 bridgehead atoms. The van der Waals surface area contributed by atoms with E-state index < -0.39 is 11.6 Å². The summed E-state index contributed by atoms with van der Waals surface area (Å²) in [4.78, 5) is 26.1. The summed E-state index contributed by atoms with van der Waals surface area (Å²) in [6.07, 6.45) is 3.51. The van der Waals surface area contributed by atoms with Gasteiger partial charge in [-0.2, -0.15) is 0 Å². The molecular formula is C19H26N2O3. The second-order valence-electron chi connectivity index (χ2n) is 6.79. The van der Waals surface area contributed by atoms with Gasteiger partial charge in [0.15, 0.2) is 0 Å². The molecule has 2 amide bonds. The average Bonchev–Trinajstić information content (AvgIpc) is 3.03. The molecular weight excluding hydrogens is 304 g/mol. The second kappa shape index (κ2) is 7.51. The predicted molar refractivity (Wildman–Crippen MR) is 93.9 cm³/mol. The molecule has 5 nitrogen and oxygen atoms in total. The molecule has 1 aromatic rings. The van der Waals surface area contributed by atoms with Crippen molar-refractivity contribution in [1.29, 1.82) is 0 Å². The van der Waals surface area contributed by atoms with E-state index >= 15 is 0 Å². The van der Waals surface area contributed by atoms with E-state index in [1.165, 1.54) is 6.08 Å². The maximum atomic E-state index is 12.6. The average molecular weight is 330 g/mol. The Kier molecular flexibility index (Phi) is 5.65. The molecule has 1 fully saturated rings. The molecule has 0 spiro atoms. The van der Waals surface area contributed by atoms with Crippen LogP contribution in [-0.2, 0) is 16.0 Å². The van der Waals surface area contributed by atoms with Gasteiger partial charge >= 0.3 is 0 Å². The van der Waals surface area contributed by atoms with E-state index in [1.807, 2.05) is 38.1 Å². The van der Waals surface area contributed by atoms with Gasteiger partial charge in [0.25, 0.3) is 0 Å². The van der Waals surface area contributed by atoms with Crippen LogP contribution >= 0.6 is 0 Å². The molecule has 24 heavy (non-hydrogen) atoms. The number of amides is 2. The molecule has 1 unspecified atom stereocenters. The van der Waals surface area contributed by atoms with E-state index in [1.54, 1.807) is 12.0 Å². The predicted octanol–water partition coefficient (Wildman–Crippen LogP) is 2.31. The highest BCUT2D eigenvalue weighted by atomic mass is 16.5. The third-order valence-corrected chi connectivity index (χ3v) is 4.28. The Morgan fingerprint density at radius 1 is 1.38 bits per heavy atom. The number of hydrogen-bond donors (Lipinski definition) is 1. The van der Waals surface area contributed by atoms with Gasteiger partial charge in [-0.05, 0) is 56.9 Å². The molecule has 5 heteroatoms. The summed E-state index contributed by atoms with van der Waals surface area (Å²) in [5.41, 5.74) is 0.712. The van der Waals surface area contributed by atoms with E-state index in [-0.39, 0.29) is 11.8 Å². The lowest BCUT2D eigenvalue weighted by molar-refractivity contribution is -0.136. The first-order valence-electron chi connectivity index (χ1n) is 8.24. The minimum atomic E-state index is -0.406. The molecule has 2 rings (SSSR count). The van der Waals surface area contributed by atoms with Gasteiger partial charge in [0, 0.05) is 12.1 Å². The summed E-state index contributed by atoms with van der Waals surface area (Å²) in [7, 11) is 1.64. The number of hydrogen-bond acceptors (Lipinski definition) is 3. The topological polar surface area (TPSA) is 58.6 Å². The smallest absolute Gasteiger partial charge is 0.246 e. The van der Waals surface area contributed by atoms with Crippen molar-refractivity contribution in [2.75, 3.05) is 13.7 Å². The number of methoxy groups -OCH3 is 1. The maximum Gasteiger partial charge on any atom is 0.246 e. The first kappa shape index (κ1) is 18.0. The van der Waals surface area contributed by atoms with Gasteiger partial charge in [0.1, 0.15) is 11.8 Å². The molecule has 0 aliphatic carbocycles. The lowest BCUT2D eigenvalue weighted by Crippen LogP contribution is -2.53. The van der Waals surface area contributed by atoms with Crippen molar-refractivity contribution in [2.45, 2.75) is 44.7 Å². The van der Waals surface area contributed by atoms with E-state index in [2.05, 4.69) is 11.9 Å². The Morgan fingerprint density at radius 2 is 2.04 bits per heavy atom. The molecule has 0 saturated carbocycles. The van der Waals surface area contributed by atoms with Crippen molar-refractivity contribution < 1.29 is 14.3 Å². The molecule has 1 N–H and O–H groups in total. The van der Waals surface area contributed by atoms with Crippen LogP contribution in [0.15, 0.2) is 36.9 Å². The second-order valence-corrected chi connectivity index (χ2v) is 6.79. The Bertz CT molecular complexity index is 608. The van der Waals surface area contributed by atoms with Crippen LogP contribution in [0.25, 0.3) is 0 Å². The summed E-state index contributed by atoms with van der Waals surface area (Å²) in [6.45, 7) is 8.10. The van der Waals surface area contributed by atoms with Gasteiger partial charge in [-0.1, -0.05) is 18.7 Å². The molecule has 1 aromatic carbocycles. The number of nitrogens with one attached hydrogen (secondary N) is 1. The third-order valence-electron chi connectivity index (χ3n) is 4.28. The molecule has 130 valence electrons.